The van der Waals surface area contributed by atoms with Crippen LogP contribution < -0.4 is 10.6 Å². The molecule has 2 atom stereocenters. The van der Waals surface area contributed by atoms with Crippen molar-refractivity contribution in [1.29, 1.82) is 0 Å². The quantitative estimate of drug-likeness (QED) is 0.861. The number of fused-ring (bicyclic) bond motifs is 1. The molecule has 1 aliphatic rings. The first-order valence-electron chi connectivity index (χ1n) is 5.78. The van der Waals surface area contributed by atoms with Gasteiger partial charge >= 0.3 is 0 Å². The van der Waals surface area contributed by atoms with E-state index in [1.165, 1.54) is 24.1 Å². The molecule has 16 heavy (non-hydrogen) atoms. The lowest BCUT2D eigenvalue weighted by Gasteiger charge is -2.38. The van der Waals surface area contributed by atoms with Crippen molar-refractivity contribution < 1.29 is 0 Å². The molecule has 0 saturated carbocycles. The van der Waals surface area contributed by atoms with E-state index in [0.29, 0.717) is 6.04 Å². The first kappa shape index (κ1) is 13.3. The number of nitrogens with two attached hydrogens (primary N) is 1. The number of halogens is 1. The van der Waals surface area contributed by atoms with Gasteiger partial charge in [0.1, 0.15) is 0 Å². The van der Waals surface area contributed by atoms with Crippen molar-refractivity contribution >= 4 is 18.1 Å². The topological polar surface area (TPSA) is 29.3 Å². The molecule has 2 N–H and O–H groups in total. The molecule has 1 heterocycles. The molecule has 2 rings (SSSR count). The second-order valence-electron chi connectivity index (χ2n) is 4.65. The predicted octanol–water partition coefficient (Wildman–Crippen LogP) is 2.60. The van der Waals surface area contributed by atoms with Gasteiger partial charge in [0.25, 0.3) is 0 Å². The van der Waals surface area contributed by atoms with Crippen LogP contribution in [-0.2, 0) is 6.42 Å². The Morgan fingerprint density at radius 2 is 2.12 bits per heavy atom. The smallest absolute Gasteiger partial charge is 0.0401 e. The van der Waals surface area contributed by atoms with Crippen molar-refractivity contribution in [2.45, 2.75) is 38.8 Å². The van der Waals surface area contributed by atoms with Gasteiger partial charge in [-0.3, -0.25) is 0 Å². The second-order valence-corrected chi connectivity index (χ2v) is 4.65. The molecule has 90 valence electrons. The van der Waals surface area contributed by atoms with Crippen LogP contribution in [0.15, 0.2) is 24.3 Å². The lowest BCUT2D eigenvalue weighted by Crippen LogP contribution is -2.43. The highest BCUT2D eigenvalue weighted by Gasteiger charge is 2.22. The van der Waals surface area contributed by atoms with Crippen LogP contribution in [0.4, 0.5) is 5.69 Å². The molecule has 1 aromatic carbocycles. The summed E-state index contributed by atoms with van der Waals surface area (Å²) in [5, 5.41) is 0. The first-order chi connectivity index (χ1) is 7.18. The molecule has 2 nitrogen and oxygen atoms in total. The van der Waals surface area contributed by atoms with Gasteiger partial charge < -0.3 is 10.6 Å². The minimum Gasteiger partial charge on any atom is -0.367 e. The standard InChI is InChI=1S/C13H20N2.ClH/c1-10(14)9-15-11(2)7-8-12-5-3-4-6-13(12)15;/h3-6,10-11H,7-9,14H2,1-2H3;1H. The van der Waals surface area contributed by atoms with Crippen molar-refractivity contribution in [1.82, 2.24) is 0 Å². The lowest BCUT2D eigenvalue weighted by atomic mass is 9.96. The minimum atomic E-state index is 0. The maximum Gasteiger partial charge on any atom is 0.0401 e. The zero-order valence-corrected chi connectivity index (χ0v) is 10.8. The fourth-order valence-electron chi connectivity index (χ4n) is 2.35. The van der Waals surface area contributed by atoms with E-state index >= 15 is 0 Å². The van der Waals surface area contributed by atoms with Crippen molar-refractivity contribution in [2.75, 3.05) is 11.4 Å². The number of benzene rings is 1. The Morgan fingerprint density at radius 3 is 2.81 bits per heavy atom. The Morgan fingerprint density at radius 1 is 1.44 bits per heavy atom. The van der Waals surface area contributed by atoms with Crippen LogP contribution >= 0.6 is 12.4 Å². The summed E-state index contributed by atoms with van der Waals surface area (Å²) in [7, 11) is 0. The summed E-state index contributed by atoms with van der Waals surface area (Å²) in [6.07, 6.45) is 2.44. The molecule has 0 spiro atoms. The van der Waals surface area contributed by atoms with E-state index in [0.717, 1.165) is 6.54 Å². The fourth-order valence-corrected chi connectivity index (χ4v) is 2.35. The lowest BCUT2D eigenvalue weighted by molar-refractivity contribution is 0.537. The Kier molecular flexibility index (Phi) is 4.63. The van der Waals surface area contributed by atoms with E-state index in [4.69, 9.17) is 5.73 Å². The summed E-state index contributed by atoms with van der Waals surface area (Å²) >= 11 is 0. The largest absolute Gasteiger partial charge is 0.367 e. The molecule has 0 radical (unpaired) electrons. The SMILES string of the molecule is CC(N)CN1c2ccccc2CCC1C.Cl. The number of nitrogens with zero attached hydrogens (tertiary/aromatic N) is 1. The summed E-state index contributed by atoms with van der Waals surface area (Å²) in [6, 6.07) is 9.54. The van der Waals surface area contributed by atoms with Crippen LogP contribution in [0.2, 0.25) is 0 Å². The Bertz CT molecular complexity index is 338. The van der Waals surface area contributed by atoms with E-state index in [-0.39, 0.29) is 18.4 Å². The van der Waals surface area contributed by atoms with Crippen LogP contribution in [0.5, 0.6) is 0 Å². The number of anilines is 1. The molecule has 1 aromatic rings. The molecular weight excluding hydrogens is 220 g/mol. The zero-order valence-electron chi connectivity index (χ0n) is 10.0. The summed E-state index contributed by atoms with van der Waals surface area (Å²) in [5.74, 6) is 0. The predicted molar refractivity (Wildman–Crippen MR) is 72.5 cm³/mol. The van der Waals surface area contributed by atoms with Gasteiger partial charge in [-0.1, -0.05) is 18.2 Å². The van der Waals surface area contributed by atoms with Gasteiger partial charge in [0.05, 0.1) is 0 Å². The monoisotopic (exact) mass is 240 g/mol. The van der Waals surface area contributed by atoms with Gasteiger partial charge in [0.15, 0.2) is 0 Å². The zero-order chi connectivity index (χ0) is 10.8. The van der Waals surface area contributed by atoms with Crippen molar-refractivity contribution in [2.24, 2.45) is 5.73 Å². The Hall–Kier alpha value is -0.730. The summed E-state index contributed by atoms with van der Waals surface area (Å²) in [5.41, 5.74) is 8.75. The van der Waals surface area contributed by atoms with Crippen LogP contribution in [0.25, 0.3) is 0 Å². The van der Waals surface area contributed by atoms with E-state index in [1.807, 2.05) is 0 Å². The van der Waals surface area contributed by atoms with Gasteiger partial charge in [0.2, 0.25) is 0 Å². The average molecular weight is 241 g/mol. The molecule has 2 unspecified atom stereocenters. The van der Waals surface area contributed by atoms with Gasteiger partial charge in [-0.2, -0.15) is 0 Å². The van der Waals surface area contributed by atoms with E-state index < -0.39 is 0 Å². The second kappa shape index (κ2) is 5.55. The summed E-state index contributed by atoms with van der Waals surface area (Å²) in [6.45, 7) is 5.32. The molecule has 1 aliphatic heterocycles. The van der Waals surface area contributed by atoms with E-state index in [2.05, 4.69) is 43.0 Å². The molecule has 0 bridgehead atoms. The van der Waals surface area contributed by atoms with E-state index in [1.54, 1.807) is 0 Å². The molecular formula is C13H21ClN2. The third-order valence-electron chi connectivity index (χ3n) is 3.15. The van der Waals surface area contributed by atoms with Gasteiger partial charge in [-0.05, 0) is 38.3 Å². The van der Waals surface area contributed by atoms with E-state index in [9.17, 15) is 0 Å². The normalized spacial score (nSPS) is 20.9. The van der Waals surface area contributed by atoms with Gasteiger partial charge in [-0.15, -0.1) is 12.4 Å². The number of para-hydroxylation sites is 1. The van der Waals surface area contributed by atoms with Gasteiger partial charge in [0, 0.05) is 24.3 Å². The van der Waals surface area contributed by atoms with Crippen LogP contribution in [-0.4, -0.2) is 18.6 Å². The average Bonchev–Trinajstić information content (AvgIpc) is 2.22. The Balaban J connectivity index is 0.00000128. The molecule has 0 aliphatic carbocycles. The number of hydrogen-bond donors (Lipinski definition) is 1. The highest BCUT2D eigenvalue weighted by Crippen LogP contribution is 2.30. The van der Waals surface area contributed by atoms with Crippen molar-refractivity contribution in [3.63, 3.8) is 0 Å². The van der Waals surface area contributed by atoms with Crippen LogP contribution in [0.3, 0.4) is 0 Å². The first-order valence-corrected chi connectivity index (χ1v) is 5.78. The number of aryl methyl sites for hydroxylation is 1. The maximum atomic E-state index is 5.90. The molecule has 0 amide bonds. The number of hydrogen-bond acceptors (Lipinski definition) is 2. The van der Waals surface area contributed by atoms with Crippen LogP contribution in [0, 0.1) is 0 Å². The van der Waals surface area contributed by atoms with Gasteiger partial charge in [-0.25, -0.2) is 0 Å². The van der Waals surface area contributed by atoms with Crippen molar-refractivity contribution in [3.8, 4) is 0 Å². The number of rotatable bonds is 2. The minimum absolute atomic E-state index is 0. The van der Waals surface area contributed by atoms with Crippen molar-refractivity contribution in [3.05, 3.63) is 29.8 Å². The van der Waals surface area contributed by atoms with Crippen LogP contribution in [0.1, 0.15) is 25.8 Å². The molecule has 0 fully saturated rings. The Labute approximate surface area is 104 Å². The maximum absolute atomic E-state index is 5.90. The third kappa shape index (κ3) is 2.69. The molecule has 0 aromatic heterocycles. The third-order valence-corrected chi connectivity index (χ3v) is 3.15. The highest BCUT2D eigenvalue weighted by atomic mass is 35.5. The summed E-state index contributed by atoms with van der Waals surface area (Å²) in [4.78, 5) is 2.45. The molecule has 0 saturated heterocycles. The fraction of sp³-hybridized carbons (Fsp3) is 0.538. The highest BCUT2D eigenvalue weighted by molar-refractivity contribution is 5.85. The molecule has 3 heteroatoms. The summed E-state index contributed by atoms with van der Waals surface area (Å²) < 4.78 is 0.